The largest absolute Gasteiger partial charge is 0.495 e. The number of nitrogens with one attached hydrogen (secondary N) is 2. The third-order valence-electron chi connectivity index (χ3n) is 3.54. The van der Waals surface area contributed by atoms with E-state index in [1.807, 2.05) is 25.1 Å². The van der Waals surface area contributed by atoms with Crippen LogP contribution in [0.15, 0.2) is 30.3 Å². The molecule has 25 heavy (non-hydrogen) atoms. The normalized spacial score (nSPS) is 10.1. The number of ether oxygens (including phenoxy) is 3. The molecule has 0 aliphatic heterocycles. The monoisotopic (exact) mass is 364 g/mol. The highest BCUT2D eigenvalue weighted by Crippen LogP contribution is 2.35. The first-order chi connectivity index (χ1) is 12.0. The van der Waals surface area contributed by atoms with Crippen molar-refractivity contribution in [2.45, 2.75) is 6.92 Å². The minimum Gasteiger partial charge on any atom is -0.495 e. The minimum absolute atomic E-state index is 0.0621. The van der Waals surface area contributed by atoms with Gasteiger partial charge in [0.1, 0.15) is 17.2 Å². The number of amides is 1. The molecule has 0 aliphatic carbocycles. The Bertz CT molecular complexity index is 765. The lowest BCUT2D eigenvalue weighted by molar-refractivity contribution is -0.114. The average molecular weight is 365 g/mol. The zero-order valence-corrected chi connectivity index (χ0v) is 15.4. The van der Waals surface area contributed by atoms with Crippen molar-refractivity contribution < 1.29 is 19.0 Å². The van der Waals surface area contributed by atoms with Gasteiger partial charge in [0.2, 0.25) is 5.91 Å². The van der Waals surface area contributed by atoms with Gasteiger partial charge in [0.25, 0.3) is 0 Å². The van der Waals surface area contributed by atoms with E-state index in [-0.39, 0.29) is 12.5 Å². The number of carbonyl (C=O) groups is 1. The zero-order valence-electron chi connectivity index (χ0n) is 14.6. The van der Waals surface area contributed by atoms with Gasteiger partial charge in [-0.05, 0) is 30.7 Å². The van der Waals surface area contributed by atoms with E-state index in [2.05, 4.69) is 10.6 Å². The summed E-state index contributed by atoms with van der Waals surface area (Å²) in [4.78, 5) is 12.3. The highest BCUT2D eigenvalue weighted by Gasteiger charge is 2.13. The van der Waals surface area contributed by atoms with Gasteiger partial charge in [0.15, 0.2) is 0 Å². The molecule has 0 aliphatic rings. The van der Waals surface area contributed by atoms with Gasteiger partial charge >= 0.3 is 0 Å². The van der Waals surface area contributed by atoms with E-state index in [1.54, 1.807) is 19.2 Å². The molecular weight excluding hydrogens is 344 g/mol. The Morgan fingerprint density at radius 3 is 2.28 bits per heavy atom. The van der Waals surface area contributed by atoms with Crippen LogP contribution in [0.1, 0.15) is 5.56 Å². The number of hydrogen-bond donors (Lipinski definition) is 2. The Labute approximate surface area is 152 Å². The fourth-order valence-corrected chi connectivity index (χ4v) is 2.53. The number of rotatable bonds is 7. The Hall–Kier alpha value is -2.60. The van der Waals surface area contributed by atoms with Gasteiger partial charge in [0, 0.05) is 6.07 Å². The summed E-state index contributed by atoms with van der Waals surface area (Å²) in [5.41, 5.74) is 2.28. The molecule has 0 bridgehead atoms. The van der Waals surface area contributed by atoms with E-state index in [0.29, 0.717) is 28.0 Å². The van der Waals surface area contributed by atoms with Crippen LogP contribution < -0.4 is 24.8 Å². The Morgan fingerprint density at radius 1 is 0.960 bits per heavy atom. The molecule has 0 radical (unpaired) electrons. The van der Waals surface area contributed by atoms with E-state index < -0.39 is 0 Å². The number of methoxy groups -OCH3 is 3. The summed E-state index contributed by atoms with van der Waals surface area (Å²) in [6.45, 7) is 2.03. The van der Waals surface area contributed by atoms with Crippen molar-refractivity contribution in [3.8, 4) is 17.2 Å². The summed E-state index contributed by atoms with van der Waals surface area (Å²) in [5.74, 6) is 1.36. The Kier molecular flexibility index (Phi) is 6.36. The first-order valence-corrected chi connectivity index (χ1v) is 7.96. The Balaban J connectivity index is 2.08. The molecule has 6 nitrogen and oxygen atoms in total. The summed E-state index contributed by atoms with van der Waals surface area (Å²) in [5, 5.41) is 6.21. The molecule has 1 amide bonds. The van der Waals surface area contributed by atoms with Crippen LogP contribution >= 0.6 is 11.6 Å². The Morgan fingerprint density at radius 2 is 1.64 bits per heavy atom. The number of hydrogen-bond acceptors (Lipinski definition) is 5. The van der Waals surface area contributed by atoms with Crippen molar-refractivity contribution in [2.24, 2.45) is 0 Å². The predicted octanol–water partition coefficient (Wildman–Crippen LogP) is 3.72. The fourth-order valence-electron chi connectivity index (χ4n) is 2.29. The lowest BCUT2D eigenvalue weighted by Crippen LogP contribution is -2.22. The van der Waals surface area contributed by atoms with Crippen LogP contribution in [-0.4, -0.2) is 33.8 Å². The van der Waals surface area contributed by atoms with E-state index in [9.17, 15) is 4.79 Å². The molecule has 0 heterocycles. The molecule has 2 aromatic carbocycles. The number of carbonyl (C=O) groups excluding carboxylic acids is 1. The van der Waals surface area contributed by atoms with Crippen LogP contribution in [-0.2, 0) is 4.79 Å². The molecule has 0 unspecified atom stereocenters. The molecule has 2 rings (SSSR count). The number of benzene rings is 2. The SMILES string of the molecule is COc1cc(OC)c(NC(=O)CNc2cc(C)ccc2OC)cc1Cl. The fraction of sp³-hybridized carbons (Fsp3) is 0.278. The molecule has 0 saturated carbocycles. The second-order valence-electron chi connectivity index (χ2n) is 5.29. The lowest BCUT2D eigenvalue weighted by Gasteiger charge is -2.14. The van der Waals surface area contributed by atoms with Gasteiger partial charge in [0.05, 0.1) is 44.3 Å². The van der Waals surface area contributed by atoms with Crippen molar-refractivity contribution in [1.29, 1.82) is 0 Å². The maximum Gasteiger partial charge on any atom is 0.243 e. The highest BCUT2D eigenvalue weighted by atomic mass is 35.5. The topological polar surface area (TPSA) is 68.8 Å². The summed E-state index contributed by atoms with van der Waals surface area (Å²) < 4.78 is 15.7. The molecule has 0 saturated heterocycles. The molecule has 7 heteroatoms. The predicted molar refractivity (Wildman–Crippen MR) is 99.4 cm³/mol. The van der Waals surface area contributed by atoms with Crippen LogP contribution in [0.3, 0.4) is 0 Å². The maximum absolute atomic E-state index is 12.3. The minimum atomic E-state index is -0.247. The number of halogens is 1. The standard InChI is InChI=1S/C18H21ClN2O4/c1-11-5-6-15(23-2)13(7-11)20-10-18(22)21-14-8-12(19)16(24-3)9-17(14)25-4/h5-9,20H,10H2,1-4H3,(H,21,22). The first kappa shape index (κ1) is 18.7. The molecule has 0 atom stereocenters. The van der Waals surface area contributed by atoms with Crippen molar-refractivity contribution in [1.82, 2.24) is 0 Å². The van der Waals surface area contributed by atoms with Gasteiger partial charge in [-0.2, -0.15) is 0 Å². The van der Waals surface area contributed by atoms with Crippen LogP contribution in [0.2, 0.25) is 5.02 Å². The molecule has 0 aromatic heterocycles. The summed E-state index contributed by atoms with van der Waals surface area (Å²) >= 11 is 6.11. The van der Waals surface area contributed by atoms with Crippen LogP contribution in [0, 0.1) is 6.92 Å². The van der Waals surface area contributed by atoms with Crippen LogP contribution in [0.4, 0.5) is 11.4 Å². The van der Waals surface area contributed by atoms with Gasteiger partial charge < -0.3 is 24.8 Å². The van der Waals surface area contributed by atoms with Crippen molar-refractivity contribution in [3.63, 3.8) is 0 Å². The third-order valence-corrected chi connectivity index (χ3v) is 3.84. The third kappa shape index (κ3) is 4.70. The molecule has 2 aromatic rings. The van der Waals surface area contributed by atoms with Crippen molar-refractivity contribution in [2.75, 3.05) is 38.5 Å². The summed E-state index contributed by atoms with van der Waals surface area (Å²) in [6.07, 6.45) is 0. The first-order valence-electron chi connectivity index (χ1n) is 7.58. The van der Waals surface area contributed by atoms with Crippen molar-refractivity contribution in [3.05, 3.63) is 40.9 Å². The number of anilines is 2. The van der Waals surface area contributed by atoms with E-state index in [1.165, 1.54) is 14.2 Å². The van der Waals surface area contributed by atoms with Gasteiger partial charge in [-0.15, -0.1) is 0 Å². The maximum atomic E-state index is 12.3. The molecule has 0 fully saturated rings. The second-order valence-corrected chi connectivity index (χ2v) is 5.70. The molecular formula is C18H21ClN2O4. The number of aryl methyl sites for hydroxylation is 1. The molecule has 0 spiro atoms. The molecule has 134 valence electrons. The van der Waals surface area contributed by atoms with Crippen LogP contribution in [0.5, 0.6) is 17.2 Å². The van der Waals surface area contributed by atoms with Crippen molar-refractivity contribution >= 4 is 28.9 Å². The second kappa shape index (κ2) is 8.48. The van der Waals surface area contributed by atoms with Gasteiger partial charge in [-0.3, -0.25) is 4.79 Å². The van der Waals surface area contributed by atoms with E-state index in [4.69, 9.17) is 25.8 Å². The van der Waals surface area contributed by atoms with E-state index >= 15 is 0 Å². The van der Waals surface area contributed by atoms with Crippen LogP contribution in [0.25, 0.3) is 0 Å². The van der Waals surface area contributed by atoms with Gasteiger partial charge in [-0.1, -0.05) is 17.7 Å². The molecule has 2 N–H and O–H groups in total. The summed E-state index contributed by atoms with van der Waals surface area (Å²) in [6, 6.07) is 8.91. The summed E-state index contributed by atoms with van der Waals surface area (Å²) in [7, 11) is 4.60. The lowest BCUT2D eigenvalue weighted by atomic mass is 10.2. The quantitative estimate of drug-likeness (QED) is 0.783. The smallest absolute Gasteiger partial charge is 0.243 e. The van der Waals surface area contributed by atoms with E-state index in [0.717, 1.165) is 11.3 Å². The zero-order chi connectivity index (χ0) is 18.4. The average Bonchev–Trinajstić information content (AvgIpc) is 2.60. The van der Waals surface area contributed by atoms with Gasteiger partial charge in [-0.25, -0.2) is 0 Å². The highest BCUT2D eigenvalue weighted by molar-refractivity contribution is 6.32.